The first kappa shape index (κ1) is 27.1. The SMILES string of the molecule is COc1ccc2ncc(C)c(C(F)CCC3(CO)CCN(CCNc4c(F)cc(F)cc4F)CC3)c2c1. The molecule has 0 spiro atoms. The maximum Gasteiger partial charge on any atom is 0.152 e. The van der Waals surface area contributed by atoms with Crippen LogP contribution in [0.1, 0.15) is 43.0 Å². The summed E-state index contributed by atoms with van der Waals surface area (Å²) in [5, 5.41) is 13.7. The molecule has 2 heterocycles. The number of nitrogens with zero attached hydrogens (tertiary/aromatic N) is 2. The lowest BCUT2D eigenvalue weighted by Gasteiger charge is -2.41. The predicted molar refractivity (Wildman–Crippen MR) is 136 cm³/mol. The van der Waals surface area contributed by atoms with Crippen molar-refractivity contribution in [2.75, 3.05) is 45.2 Å². The first-order valence-electron chi connectivity index (χ1n) is 12.5. The largest absolute Gasteiger partial charge is 0.497 e. The van der Waals surface area contributed by atoms with Gasteiger partial charge in [0.15, 0.2) is 11.6 Å². The first-order chi connectivity index (χ1) is 17.7. The molecule has 0 amide bonds. The second-order valence-electron chi connectivity index (χ2n) is 9.92. The van der Waals surface area contributed by atoms with Crippen molar-refractivity contribution in [3.63, 3.8) is 0 Å². The summed E-state index contributed by atoms with van der Waals surface area (Å²) in [6, 6.07) is 6.73. The lowest BCUT2D eigenvalue weighted by atomic mass is 9.74. The Morgan fingerprint density at radius 2 is 1.84 bits per heavy atom. The highest BCUT2D eigenvalue weighted by molar-refractivity contribution is 5.84. The Morgan fingerprint density at radius 3 is 2.49 bits per heavy atom. The molecule has 1 saturated heterocycles. The van der Waals surface area contributed by atoms with E-state index in [-0.39, 0.29) is 30.7 Å². The van der Waals surface area contributed by atoms with E-state index in [1.807, 2.05) is 19.1 Å². The molecule has 3 aromatic rings. The summed E-state index contributed by atoms with van der Waals surface area (Å²) in [6.45, 7) is 4.01. The van der Waals surface area contributed by atoms with E-state index >= 15 is 4.39 Å². The molecule has 1 unspecified atom stereocenters. The molecule has 1 atom stereocenters. The fourth-order valence-corrected chi connectivity index (χ4v) is 5.20. The van der Waals surface area contributed by atoms with Crippen molar-refractivity contribution in [3.05, 3.63) is 65.1 Å². The lowest BCUT2D eigenvalue weighted by molar-refractivity contribution is 0.0315. The van der Waals surface area contributed by atoms with Crippen LogP contribution in [0.3, 0.4) is 0 Å². The molecular weight excluding hydrogens is 486 g/mol. The van der Waals surface area contributed by atoms with Crippen LogP contribution in [0.15, 0.2) is 36.5 Å². The lowest BCUT2D eigenvalue weighted by Crippen LogP contribution is -2.43. The minimum Gasteiger partial charge on any atom is -0.497 e. The molecule has 4 rings (SSSR count). The number of benzene rings is 2. The maximum atomic E-state index is 15.7. The summed E-state index contributed by atoms with van der Waals surface area (Å²) < 4.78 is 61.7. The number of pyridine rings is 1. The number of fused-ring (bicyclic) bond motifs is 1. The fourth-order valence-electron chi connectivity index (χ4n) is 5.20. The topological polar surface area (TPSA) is 57.6 Å². The minimum atomic E-state index is -1.20. The van der Waals surface area contributed by atoms with E-state index in [1.165, 1.54) is 0 Å². The van der Waals surface area contributed by atoms with Gasteiger partial charge in [-0.05, 0) is 80.4 Å². The van der Waals surface area contributed by atoms with E-state index in [0.717, 1.165) is 10.9 Å². The van der Waals surface area contributed by atoms with Gasteiger partial charge in [0.25, 0.3) is 0 Å². The summed E-state index contributed by atoms with van der Waals surface area (Å²) in [5.74, 6) is -2.25. The van der Waals surface area contributed by atoms with Gasteiger partial charge in [-0.25, -0.2) is 17.6 Å². The van der Waals surface area contributed by atoms with Crippen molar-refractivity contribution < 1.29 is 27.4 Å². The average Bonchev–Trinajstić information content (AvgIpc) is 2.89. The number of hydrogen-bond donors (Lipinski definition) is 2. The van der Waals surface area contributed by atoms with E-state index in [0.29, 0.717) is 67.9 Å². The average molecular weight is 520 g/mol. The molecule has 200 valence electrons. The third-order valence-corrected chi connectivity index (χ3v) is 7.55. The van der Waals surface area contributed by atoms with E-state index in [4.69, 9.17) is 4.74 Å². The van der Waals surface area contributed by atoms with Gasteiger partial charge in [0.2, 0.25) is 0 Å². The Balaban J connectivity index is 1.33. The van der Waals surface area contributed by atoms with Gasteiger partial charge in [-0.1, -0.05) is 0 Å². The molecule has 1 fully saturated rings. The zero-order valence-electron chi connectivity index (χ0n) is 21.2. The number of methoxy groups -OCH3 is 1. The highest BCUT2D eigenvalue weighted by Crippen LogP contribution is 2.41. The van der Waals surface area contributed by atoms with E-state index in [9.17, 15) is 18.3 Å². The van der Waals surface area contributed by atoms with Gasteiger partial charge < -0.3 is 20.1 Å². The molecule has 2 N–H and O–H groups in total. The zero-order chi connectivity index (χ0) is 26.6. The number of piperidine rings is 1. The highest BCUT2D eigenvalue weighted by atomic mass is 19.1. The first-order valence-corrected chi connectivity index (χ1v) is 12.5. The molecule has 0 saturated carbocycles. The number of rotatable bonds is 10. The summed E-state index contributed by atoms with van der Waals surface area (Å²) in [7, 11) is 1.57. The molecular formula is C28H33F4N3O2. The fraction of sp³-hybridized carbons (Fsp3) is 0.464. The monoisotopic (exact) mass is 519 g/mol. The number of likely N-dealkylation sites (tertiary alicyclic amines) is 1. The van der Waals surface area contributed by atoms with Crippen LogP contribution in [-0.4, -0.2) is 54.9 Å². The number of aryl methyl sites for hydroxylation is 1. The number of nitrogens with one attached hydrogen (secondary N) is 1. The normalized spacial score (nSPS) is 16.6. The summed E-state index contributed by atoms with van der Waals surface area (Å²) in [4.78, 5) is 6.55. The van der Waals surface area contributed by atoms with E-state index < -0.39 is 23.6 Å². The summed E-state index contributed by atoms with van der Waals surface area (Å²) >= 11 is 0. The Kier molecular flexibility index (Phi) is 8.54. The van der Waals surface area contributed by atoms with Crippen LogP contribution in [-0.2, 0) is 0 Å². The van der Waals surface area contributed by atoms with E-state index in [2.05, 4.69) is 15.2 Å². The molecule has 9 heteroatoms. The van der Waals surface area contributed by atoms with Gasteiger partial charge in [-0.15, -0.1) is 0 Å². The van der Waals surface area contributed by atoms with Crippen LogP contribution in [0.25, 0.3) is 10.9 Å². The summed E-state index contributed by atoms with van der Waals surface area (Å²) in [5.41, 5.74) is 1.39. The zero-order valence-corrected chi connectivity index (χ0v) is 21.2. The number of anilines is 1. The van der Waals surface area contributed by atoms with Gasteiger partial charge in [0.05, 0.1) is 12.6 Å². The van der Waals surface area contributed by atoms with Crippen molar-refractivity contribution in [2.24, 2.45) is 5.41 Å². The number of alkyl halides is 1. The number of aliphatic hydroxyl groups excluding tert-OH is 1. The summed E-state index contributed by atoms with van der Waals surface area (Å²) in [6.07, 6.45) is 2.69. The Hall–Kier alpha value is -2.91. The maximum absolute atomic E-state index is 15.7. The molecule has 37 heavy (non-hydrogen) atoms. The van der Waals surface area contributed by atoms with Crippen molar-refractivity contribution in [1.82, 2.24) is 9.88 Å². The number of ether oxygens (including phenoxy) is 1. The molecule has 1 aliphatic rings. The van der Waals surface area contributed by atoms with Crippen LogP contribution in [0, 0.1) is 29.8 Å². The number of halogens is 4. The molecule has 2 aromatic carbocycles. The molecule has 1 aromatic heterocycles. The Morgan fingerprint density at radius 1 is 1.14 bits per heavy atom. The third kappa shape index (κ3) is 6.15. The minimum absolute atomic E-state index is 0.0261. The van der Waals surface area contributed by atoms with Crippen LogP contribution >= 0.6 is 0 Å². The number of aromatic nitrogens is 1. The third-order valence-electron chi connectivity index (χ3n) is 7.55. The standard InChI is InChI=1S/C28H33F4N3O2/c1-18-16-34-25-4-3-20(37-2)15-21(25)26(18)22(30)5-6-28(17-36)7-10-35(11-8-28)12-9-33-27-23(31)13-19(29)14-24(27)32/h3-4,13-16,22,33,36H,5-12,17H2,1-2H3. The smallest absolute Gasteiger partial charge is 0.152 e. The van der Waals surface area contributed by atoms with E-state index in [1.54, 1.807) is 19.4 Å². The Bertz CT molecular complexity index is 1210. The molecule has 1 aliphatic heterocycles. The Labute approximate surface area is 214 Å². The molecule has 0 aliphatic carbocycles. The second kappa shape index (κ2) is 11.6. The highest BCUT2D eigenvalue weighted by Gasteiger charge is 2.35. The van der Waals surface area contributed by atoms with Crippen LogP contribution in [0.5, 0.6) is 5.75 Å². The van der Waals surface area contributed by atoms with Crippen molar-refractivity contribution in [3.8, 4) is 5.75 Å². The predicted octanol–water partition coefficient (Wildman–Crippen LogP) is 5.95. The van der Waals surface area contributed by atoms with Gasteiger partial charge in [-0.2, -0.15) is 0 Å². The van der Waals surface area contributed by atoms with Crippen molar-refractivity contribution in [2.45, 2.75) is 38.8 Å². The van der Waals surface area contributed by atoms with Gasteiger partial charge in [0.1, 0.15) is 23.4 Å². The van der Waals surface area contributed by atoms with Crippen molar-refractivity contribution in [1.29, 1.82) is 0 Å². The quantitative estimate of drug-likeness (QED) is 0.325. The molecule has 0 radical (unpaired) electrons. The number of hydrogen-bond acceptors (Lipinski definition) is 5. The molecule has 0 bridgehead atoms. The van der Waals surface area contributed by atoms with Crippen LogP contribution in [0.4, 0.5) is 23.2 Å². The van der Waals surface area contributed by atoms with Crippen LogP contribution in [0.2, 0.25) is 0 Å². The van der Waals surface area contributed by atoms with Gasteiger partial charge in [-0.3, -0.25) is 4.98 Å². The van der Waals surface area contributed by atoms with Crippen molar-refractivity contribution >= 4 is 16.6 Å². The van der Waals surface area contributed by atoms with Gasteiger partial charge >= 0.3 is 0 Å². The second-order valence-corrected chi connectivity index (χ2v) is 9.92. The number of aliphatic hydroxyl groups is 1. The van der Waals surface area contributed by atoms with Crippen LogP contribution < -0.4 is 10.1 Å². The molecule has 5 nitrogen and oxygen atoms in total. The van der Waals surface area contributed by atoms with Gasteiger partial charge in [0, 0.05) is 43.4 Å².